The highest BCUT2D eigenvalue weighted by atomic mass is 19.1. The van der Waals surface area contributed by atoms with Crippen molar-refractivity contribution in [2.24, 2.45) is 0 Å². The first-order valence-electron chi connectivity index (χ1n) is 9.35. The van der Waals surface area contributed by atoms with Crippen LogP contribution in [0.1, 0.15) is 30.9 Å². The zero-order chi connectivity index (χ0) is 19.5. The molecule has 0 spiro atoms. The monoisotopic (exact) mass is 370 g/mol. The van der Waals surface area contributed by atoms with Crippen LogP contribution in [0.4, 0.5) is 4.39 Å². The molecule has 0 aromatic heterocycles. The molecule has 27 heavy (non-hydrogen) atoms. The molecular formula is C22H27FN2O2. The van der Waals surface area contributed by atoms with Gasteiger partial charge in [-0.05, 0) is 42.5 Å². The second-order valence-corrected chi connectivity index (χ2v) is 6.57. The van der Waals surface area contributed by atoms with Gasteiger partial charge in [0.15, 0.2) is 0 Å². The van der Waals surface area contributed by atoms with Crippen LogP contribution >= 0.6 is 0 Å². The number of rotatable bonds is 10. The number of amides is 2. The maximum Gasteiger partial charge on any atom is 0.221 e. The molecule has 2 aromatic carbocycles. The number of carbonyl (C=O) groups excluding carboxylic acids is 2. The average Bonchev–Trinajstić information content (AvgIpc) is 2.66. The van der Waals surface area contributed by atoms with E-state index in [2.05, 4.69) is 17.4 Å². The van der Waals surface area contributed by atoms with Gasteiger partial charge in [-0.3, -0.25) is 9.59 Å². The minimum absolute atomic E-state index is 0.0119. The Labute approximate surface area is 160 Å². The summed E-state index contributed by atoms with van der Waals surface area (Å²) >= 11 is 0. The number of nitrogens with one attached hydrogen (secondary N) is 1. The van der Waals surface area contributed by atoms with E-state index in [1.165, 1.54) is 24.6 Å². The molecule has 0 atom stereocenters. The summed E-state index contributed by atoms with van der Waals surface area (Å²) in [6.07, 6.45) is 2.72. The van der Waals surface area contributed by atoms with Crippen LogP contribution in [0, 0.1) is 5.82 Å². The highest BCUT2D eigenvalue weighted by Crippen LogP contribution is 2.05. The molecule has 0 saturated heterocycles. The van der Waals surface area contributed by atoms with Crippen LogP contribution in [-0.4, -0.2) is 36.3 Å². The molecule has 0 fully saturated rings. The second-order valence-electron chi connectivity index (χ2n) is 6.57. The highest BCUT2D eigenvalue weighted by Gasteiger charge is 2.11. The zero-order valence-corrected chi connectivity index (χ0v) is 15.8. The van der Waals surface area contributed by atoms with E-state index in [1.54, 1.807) is 17.0 Å². The molecule has 0 unspecified atom stereocenters. The van der Waals surface area contributed by atoms with E-state index in [4.69, 9.17) is 0 Å². The molecule has 2 aromatic rings. The Balaban J connectivity index is 1.65. The Hall–Kier alpha value is -2.69. The van der Waals surface area contributed by atoms with E-state index < -0.39 is 0 Å². The summed E-state index contributed by atoms with van der Waals surface area (Å²) in [4.78, 5) is 25.5. The molecule has 0 aliphatic rings. The largest absolute Gasteiger partial charge is 0.356 e. The lowest BCUT2D eigenvalue weighted by Gasteiger charge is -2.20. The fourth-order valence-corrected chi connectivity index (χ4v) is 2.87. The van der Waals surface area contributed by atoms with Crippen LogP contribution in [-0.2, 0) is 22.4 Å². The number of hydrogen-bond acceptors (Lipinski definition) is 2. The van der Waals surface area contributed by atoms with Gasteiger partial charge in [0.1, 0.15) is 5.82 Å². The maximum absolute atomic E-state index is 12.9. The van der Waals surface area contributed by atoms with Crippen LogP contribution in [0.15, 0.2) is 54.6 Å². The van der Waals surface area contributed by atoms with Gasteiger partial charge in [-0.1, -0.05) is 42.5 Å². The lowest BCUT2D eigenvalue weighted by Crippen LogP contribution is -2.35. The Morgan fingerprint density at radius 3 is 2.26 bits per heavy atom. The van der Waals surface area contributed by atoms with E-state index in [0.29, 0.717) is 26.1 Å². The van der Waals surface area contributed by atoms with E-state index >= 15 is 0 Å². The minimum Gasteiger partial charge on any atom is -0.356 e. The van der Waals surface area contributed by atoms with Crippen molar-refractivity contribution in [1.82, 2.24) is 10.2 Å². The topological polar surface area (TPSA) is 49.4 Å². The molecule has 1 N–H and O–H groups in total. The maximum atomic E-state index is 12.9. The molecular weight excluding hydrogens is 343 g/mol. The van der Waals surface area contributed by atoms with Crippen LogP contribution in [0.25, 0.3) is 0 Å². The van der Waals surface area contributed by atoms with Crippen molar-refractivity contribution in [1.29, 1.82) is 0 Å². The second kappa shape index (κ2) is 11.1. The van der Waals surface area contributed by atoms with Crippen LogP contribution < -0.4 is 5.32 Å². The van der Waals surface area contributed by atoms with E-state index in [1.807, 2.05) is 18.2 Å². The van der Waals surface area contributed by atoms with Gasteiger partial charge in [-0.15, -0.1) is 0 Å². The third-order valence-corrected chi connectivity index (χ3v) is 4.44. The molecule has 144 valence electrons. The molecule has 0 aliphatic carbocycles. The van der Waals surface area contributed by atoms with Gasteiger partial charge in [0.2, 0.25) is 11.8 Å². The molecule has 0 aliphatic heterocycles. The van der Waals surface area contributed by atoms with Crippen molar-refractivity contribution < 1.29 is 14.0 Å². The van der Waals surface area contributed by atoms with Gasteiger partial charge in [0.25, 0.3) is 0 Å². The third kappa shape index (κ3) is 8.03. The molecule has 2 rings (SSSR count). The van der Waals surface area contributed by atoms with Crippen molar-refractivity contribution in [2.45, 2.75) is 32.6 Å². The summed E-state index contributed by atoms with van der Waals surface area (Å²) in [5.41, 5.74) is 2.22. The average molecular weight is 370 g/mol. The number of benzene rings is 2. The summed E-state index contributed by atoms with van der Waals surface area (Å²) in [6.45, 7) is 3.10. The Bertz CT molecular complexity index is 717. The van der Waals surface area contributed by atoms with Gasteiger partial charge in [-0.25, -0.2) is 4.39 Å². The summed E-state index contributed by atoms with van der Waals surface area (Å²) in [5.74, 6) is -0.354. The van der Waals surface area contributed by atoms with Crippen LogP contribution in [0.2, 0.25) is 0 Å². The Morgan fingerprint density at radius 2 is 1.59 bits per heavy atom. The quantitative estimate of drug-likeness (QED) is 0.697. The molecule has 0 radical (unpaired) electrons. The Kier molecular flexibility index (Phi) is 8.49. The molecule has 0 bridgehead atoms. The van der Waals surface area contributed by atoms with Gasteiger partial charge >= 0.3 is 0 Å². The molecule has 4 nitrogen and oxygen atoms in total. The predicted molar refractivity (Wildman–Crippen MR) is 105 cm³/mol. The van der Waals surface area contributed by atoms with Crippen molar-refractivity contribution in [3.8, 4) is 0 Å². The first-order valence-corrected chi connectivity index (χ1v) is 9.35. The lowest BCUT2D eigenvalue weighted by atomic mass is 10.1. The first kappa shape index (κ1) is 20.6. The normalized spacial score (nSPS) is 10.4. The number of aryl methyl sites for hydroxylation is 1. The number of hydrogen-bond donors (Lipinski definition) is 1. The SMILES string of the molecule is CC(=O)N(CCCc1ccccc1)CCC(=O)NCCc1ccc(F)cc1. The van der Waals surface area contributed by atoms with Gasteiger partial charge in [0, 0.05) is 33.0 Å². The van der Waals surface area contributed by atoms with Crippen molar-refractivity contribution >= 4 is 11.8 Å². The van der Waals surface area contributed by atoms with E-state index in [0.717, 1.165) is 18.4 Å². The van der Waals surface area contributed by atoms with Gasteiger partial charge in [-0.2, -0.15) is 0 Å². The van der Waals surface area contributed by atoms with Crippen LogP contribution in [0.3, 0.4) is 0 Å². The number of nitrogens with zero attached hydrogens (tertiary/aromatic N) is 1. The first-order chi connectivity index (χ1) is 13.0. The smallest absolute Gasteiger partial charge is 0.221 e. The fraction of sp³-hybridized carbons (Fsp3) is 0.364. The fourth-order valence-electron chi connectivity index (χ4n) is 2.87. The van der Waals surface area contributed by atoms with Gasteiger partial charge < -0.3 is 10.2 Å². The van der Waals surface area contributed by atoms with E-state index in [-0.39, 0.29) is 24.1 Å². The third-order valence-electron chi connectivity index (χ3n) is 4.44. The van der Waals surface area contributed by atoms with E-state index in [9.17, 15) is 14.0 Å². The standard InChI is InChI=1S/C22H27FN2O2/c1-18(26)25(16-5-8-19-6-3-2-4-7-19)17-14-22(27)24-15-13-20-9-11-21(23)12-10-20/h2-4,6-7,9-12H,5,8,13-17H2,1H3,(H,24,27). The highest BCUT2D eigenvalue weighted by molar-refractivity contribution is 5.78. The number of carbonyl (C=O) groups is 2. The summed E-state index contributed by atoms with van der Waals surface area (Å²) in [5, 5.41) is 2.85. The Morgan fingerprint density at radius 1 is 0.926 bits per heavy atom. The molecule has 0 heterocycles. The predicted octanol–water partition coefficient (Wildman–Crippen LogP) is 3.36. The summed E-state index contributed by atoms with van der Waals surface area (Å²) in [7, 11) is 0. The van der Waals surface area contributed by atoms with Crippen LogP contribution in [0.5, 0.6) is 0 Å². The van der Waals surface area contributed by atoms with Crippen molar-refractivity contribution in [3.63, 3.8) is 0 Å². The summed E-state index contributed by atoms with van der Waals surface area (Å²) in [6, 6.07) is 16.4. The number of halogens is 1. The lowest BCUT2D eigenvalue weighted by molar-refractivity contribution is -0.129. The summed E-state index contributed by atoms with van der Waals surface area (Å²) < 4.78 is 12.9. The van der Waals surface area contributed by atoms with Crippen molar-refractivity contribution in [2.75, 3.05) is 19.6 Å². The van der Waals surface area contributed by atoms with Gasteiger partial charge in [0.05, 0.1) is 0 Å². The molecule has 2 amide bonds. The zero-order valence-electron chi connectivity index (χ0n) is 15.8. The molecule has 5 heteroatoms. The molecule has 0 saturated carbocycles. The van der Waals surface area contributed by atoms with Crippen molar-refractivity contribution in [3.05, 3.63) is 71.5 Å². The minimum atomic E-state index is -0.264.